The summed E-state index contributed by atoms with van der Waals surface area (Å²) in [6.45, 7) is 3.79. The van der Waals surface area contributed by atoms with E-state index in [-0.39, 0.29) is 5.56 Å². The highest BCUT2D eigenvalue weighted by Crippen LogP contribution is 2.06. The molecule has 1 radical (unpaired) electrons. The first-order chi connectivity index (χ1) is 6.77. The van der Waals surface area contributed by atoms with E-state index in [9.17, 15) is 4.79 Å². The van der Waals surface area contributed by atoms with Crippen LogP contribution in [0.3, 0.4) is 0 Å². The maximum absolute atomic E-state index is 11.5. The van der Waals surface area contributed by atoms with Gasteiger partial charge in [-0.1, -0.05) is 18.2 Å². The van der Waals surface area contributed by atoms with Gasteiger partial charge in [0, 0.05) is 18.0 Å². The summed E-state index contributed by atoms with van der Waals surface area (Å²) in [6, 6.07) is 12.6. The van der Waals surface area contributed by atoms with E-state index in [1.165, 1.54) is 6.07 Å². The van der Waals surface area contributed by atoms with Crippen molar-refractivity contribution in [2.45, 2.75) is 0 Å². The zero-order valence-electron chi connectivity index (χ0n) is 7.68. The zero-order valence-corrected chi connectivity index (χ0v) is 7.68. The van der Waals surface area contributed by atoms with Gasteiger partial charge in [-0.15, -0.1) is 0 Å². The SMILES string of the molecule is [CH2]c1ccc(-n2ccccc2=O)cc1. The Bertz CT molecular complexity index is 482. The Balaban J connectivity index is 2.56. The molecule has 1 aromatic carbocycles. The molecule has 0 atom stereocenters. The Kier molecular flexibility index (Phi) is 2.19. The lowest BCUT2D eigenvalue weighted by Crippen LogP contribution is -2.15. The van der Waals surface area contributed by atoms with Crippen LogP contribution in [-0.4, -0.2) is 4.57 Å². The normalized spacial score (nSPS) is 10.1. The van der Waals surface area contributed by atoms with Crippen molar-refractivity contribution in [2.24, 2.45) is 0 Å². The van der Waals surface area contributed by atoms with E-state index >= 15 is 0 Å². The fourth-order valence-electron chi connectivity index (χ4n) is 1.30. The second-order valence-corrected chi connectivity index (χ2v) is 3.08. The fourth-order valence-corrected chi connectivity index (χ4v) is 1.30. The predicted molar refractivity (Wildman–Crippen MR) is 56.5 cm³/mol. The Labute approximate surface area is 82.4 Å². The largest absolute Gasteiger partial charge is 0.284 e. The van der Waals surface area contributed by atoms with Gasteiger partial charge in [0.1, 0.15) is 0 Å². The zero-order chi connectivity index (χ0) is 9.97. The van der Waals surface area contributed by atoms with Crippen LogP contribution in [0.25, 0.3) is 5.69 Å². The minimum atomic E-state index is -0.0238. The lowest BCUT2D eigenvalue weighted by molar-refractivity contribution is 0.990. The first-order valence-electron chi connectivity index (χ1n) is 4.37. The van der Waals surface area contributed by atoms with Gasteiger partial charge in [0.15, 0.2) is 0 Å². The van der Waals surface area contributed by atoms with Crippen LogP contribution >= 0.6 is 0 Å². The molecule has 2 rings (SSSR count). The molecule has 1 aromatic heterocycles. The van der Waals surface area contributed by atoms with E-state index in [1.807, 2.05) is 30.3 Å². The smallest absolute Gasteiger partial charge is 0.255 e. The minimum absolute atomic E-state index is 0.0238. The van der Waals surface area contributed by atoms with Crippen LogP contribution in [0.4, 0.5) is 0 Å². The number of rotatable bonds is 1. The molecule has 69 valence electrons. The van der Waals surface area contributed by atoms with Crippen LogP contribution in [0.1, 0.15) is 5.56 Å². The Hall–Kier alpha value is -1.83. The number of pyridine rings is 1. The molecule has 2 nitrogen and oxygen atoms in total. The highest BCUT2D eigenvalue weighted by Gasteiger charge is 1.96. The number of benzene rings is 1. The van der Waals surface area contributed by atoms with Crippen LogP contribution in [0.5, 0.6) is 0 Å². The third-order valence-electron chi connectivity index (χ3n) is 2.04. The summed E-state index contributed by atoms with van der Waals surface area (Å²) in [7, 11) is 0. The lowest BCUT2D eigenvalue weighted by atomic mass is 10.2. The Morgan fingerprint density at radius 3 is 2.36 bits per heavy atom. The Morgan fingerprint density at radius 1 is 1.00 bits per heavy atom. The van der Waals surface area contributed by atoms with E-state index in [0.29, 0.717) is 0 Å². The second kappa shape index (κ2) is 3.50. The van der Waals surface area contributed by atoms with Gasteiger partial charge in [-0.25, -0.2) is 0 Å². The molecular formula is C12H10NO. The van der Waals surface area contributed by atoms with Crippen molar-refractivity contribution in [1.29, 1.82) is 0 Å². The highest BCUT2D eigenvalue weighted by atomic mass is 16.1. The molecule has 0 amide bonds. The lowest BCUT2D eigenvalue weighted by Gasteiger charge is -2.04. The molecule has 0 bridgehead atoms. The monoisotopic (exact) mass is 184 g/mol. The molecule has 1 heterocycles. The van der Waals surface area contributed by atoms with Crippen LogP contribution in [0.2, 0.25) is 0 Å². The van der Waals surface area contributed by atoms with Crippen molar-refractivity contribution < 1.29 is 0 Å². The van der Waals surface area contributed by atoms with Gasteiger partial charge in [0.05, 0.1) is 0 Å². The van der Waals surface area contributed by atoms with Gasteiger partial charge in [-0.2, -0.15) is 0 Å². The van der Waals surface area contributed by atoms with Crippen molar-refractivity contribution >= 4 is 0 Å². The van der Waals surface area contributed by atoms with E-state index in [2.05, 4.69) is 6.92 Å². The highest BCUT2D eigenvalue weighted by molar-refractivity contribution is 5.35. The van der Waals surface area contributed by atoms with Crippen molar-refractivity contribution in [3.8, 4) is 5.69 Å². The quantitative estimate of drug-likeness (QED) is 0.664. The number of aromatic nitrogens is 1. The molecule has 0 aliphatic heterocycles. The second-order valence-electron chi connectivity index (χ2n) is 3.08. The first kappa shape index (κ1) is 8.75. The summed E-state index contributed by atoms with van der Waals surface area (Å²) in [4.78, 5) is 11.5. The molecule has 0 aliphatic carbocycles. The Morgan fingerprint density at radius 2 is 1.71 bits per heavy atom. The number of nitrogens with zero attached hydrogens (tertiary/aromatic N) is 1. The van der Waals surface area contributed by atoms with Gasteiger partial charge in [-0.3, -0.25) is 9.36 Å². The average Bonchev–Trinajstić information content (AvgIpc) is 2.20. The van der Waals surface area contributed by atoms with Gasteiger partial charge in [0.25, 0.3) is 5.56 Å². The molecule has 0 spiro atoms. The summed E-state index contributed by atoms with van der Waals surface area (Å²) >= 11 is 0. The van der Waals surface area contributed by atoms with Crippen molar-refractivity contribution in [1.82, 2.24) is 4.57 Å². The van der Waals surface area contributed by atoms with Gasteiger partial charge in [-0.05, 0) is 30.7 Å². The van der Waals surface area contributed by atoms with E-state index in [4.69, 9.17) is 0 Å². The summed E-state index contributed by atoms with van der Waals surface area (Å²) in [5, 5.41) is 0. The van der Waals surface area contributed by atoms with Crippen molar-refractivity contribution in [3.05, 3.63) is 71.5 Å². The van der Waals surface area contributed by atoms with Crippen molar-refractivity contribution in [3.63, 3.8) is 0 Å². The summed E-state index contributed by atoms with van der Waals surface area (Å²) in [5.41, 5.74) is 1.78. The predicted octanol–water partition coefficient (Wildman–Crippen LogP) is 2.02. The number of hydrogen-bond donors (Lipinski definition) is 0. The molecule has 0 unspecified atom stereocenters. The van der Waals surface area contributed by atoms with E-state index in [1.54, 1.807) is 16.8 Å². The van der Waals surface area contributed by atoms with Crippen LogP contribution < -0.4 is 5.56 Å². The van der Waals surface area contributed by atoms with E-state index in [0.717, 1.165) is 11.3 Å². The average molecular weight is 184 g/mol. The summed E-state index contributed by atoms with van der Waals surface area (Å²) in [5.74, 6) is 0. The van der Waals surface area contributed by atoms with Gasteiger partial charge >= 0.3 is 0 Å². The minimum Gasteiger partial charge on any atom is -0.284 e. The van der Waals surface area contributed by atoms with Gasteiger partial charge in [0.2, 0.25) is 0 Å². The standard InChI is InChI=1S/C12H10NO/c1-10-5-7-11(8-6-10)13-9-3-2-4-12(13)14/h2-9H,1H2. The summed E-state index contributed by atoms with van der Waals surface area (Å²) in [6.07, 6.45) is 1.75. The third-order valence-corrected chi connectivity index (χ3v) is 2.04. The molecule has 0 saturated carbocycles. The molecule has 2 heteroatoms. The topological polar surface area (TPSA) is 22.0 Å². The maximum atomic E-state index is 11.5. The molecule has 0 N–H and O–H groups in total. The first-order valence-corrected chi connectivity index (χ1v) is 4.37. The summed E-state index contributed by atoms with van der Waals surface area (Å²) < 4.78 is 1.60. The molecular weight excluding hydrogens is 174 g/mol. The van der Waals surface area contributed by atoms with Gasteiger partial charge < -0.3 is 0 Å². The van der Waals surface area contributed by atoms with Crippen molar-refractivity contribution in [2.75, 3.05) is 0 Å². The molecule has 0 fully saturated rings. The molecule has 0 aliphatic rings. The van der Waals surface area contributed by atoms with E-state index < -0.39 is 0 Å². The van der Waals surface area contributed by atoms with Crippen LogP contribution in [0, 0.1) is 6.92 Å². The molecule has 14 heavy (non-hydrogen) atoms. The molecule has 0 saturated heterocycles. The molecule has 2 aromatic rings. The maximum Gasteiger partial charge on any atom is 0.255 e. The fraction of sp³-hybridized carbons (Fsp3) is 0. The van der Waals surface area contributed by atoms with Crippen LogP contribution in [-0.2, 0) is 0 Å². The number of hydrogen-bond acceptors (Lipinski definition) is 1. The van der Waals surface area contributed by atoms with Crippen LogP contribution in [0.15, 0.2) is 53.5 Å². The third kappa shape index (κ3) is 1.59.